The Bertz CT molecular complexity index is 955. The molecular weight excluding hydrogens is 438 g/mol. The van der Waals surface area contributed by atoms with Crippen molar-refractivity contribution >= 4 is 39.7 Å². The predicted octanol–water partition coefficient (Wildman–Crippen LogP) is 5.01. The third-order valence-corrected chi connectivity index (χ3v) is 6.88. The van der Waals surface area contributed by atoms with Crippen molar-refractivity contribution in [1.82, 2.24) is 15.5 Å². The second kappa shape index (κ2) is 11.4. The largest absolute Gasteiger partial charge is 0.481 e. The molecule has 8 nitrogen and oxygen atoms in total. The number of benzene rings is 1. The highest BCUT2D eigenvalue weighted by atomic mass is 32.1. The van der Waals surface area contributed by atoms with Gasteiger partial charge in [-0.3, -0.25) is 9.59 Å². The number of rotatable bonds is 10. The lowest BCUT2D eigenvalue weighted by Crippen LogP contribution is -2.39. The molecule has 2 aromatic rings. The number of anilines is 3. The van der Waals surface area contributed by atoms with E-state index in [1.54, 1.807) is 7.05 Å². The normalized spacial score (nSPS) is 15.3. The fourth-order valence-corrected chi connectivity index (χ4v) is 5.11. The van der Waals surface area contributed by atoms with Gasteiger partial charge in [0, 0.05) is 19.6 Å². The van der Waals surface area contributed by atoms with Crippen LogP contribution in [0.2, 0.25) is 0 Å². The zero-order chi connectivity index (χ0) is 24.0. The molecule has 9 heteroatoms. The van der Waals surface area contributed by atoms with Crippen LogP contribution >= 0.6 is 11.3 Å². The molecular formula is C24H35N5O3S. The number of hydrogen-bond donors (Lipinski definition) is 3. The molecule has 0 spiro atoms. The number of carbonyl (C=O) groups is 2. The summed E-state index contributed by atoms with van der Waals surface area (Å²) < 4.78 is 0. The number of carboxylic acids is 1. The van der Waals surface area contributed by atoms with Gasteiger partial charge < -0.3 is 20.6 Å². The van der Waals surface area contributed by atoms with Gasteiger partial charge in [0.05, 0.1) is 17.8 Å². The number of amides is 1. The molecule has 0 bridgehead atoms. The number of carbonyl (C=O) groups excluding carboxylic acids is 1. The van der Waals surface area contributed by atoms with E-state index in [0.717, 1.165) is 23.5 Å². The second-order valence-corrected chi connectivity index (χ2v) is 10.2. The molecule has 33 heavy (non-hydrogen) atoms. The molecule has 1 heterocycles. The van der Waals surface area contributed by atoms with Crippen molar-refractivity contribution in [3.05, 3.63) is 28.8 Å². The van der Waals surface area contributed by atoms with Crippen LogP contribution in [0.5, 0.6) is 0 Å². The van der Waals surface area contributed by atoms with Crippen LogP contribution in [-0.2, 0) is 4.79 Å². The maximum Gasteiger partial charge on any atom is 0.303 e. The zero-order valence-corrected chi connectivity index (χ0v) is 20.7. The predicted molar refractivity (Wildman–Crippen MR) is 133 cm³/mol. The Morgan fingerprint density at radius 3 is 2.55 bits per heavy atom. The standard InChI is InChI=1S/C24H35N5O3S/c1-15(2)14-29(18-8-6-5-7-9-18)20-11-10-17(16(3)12-21(30)31)13-19(20)26-24-28-27-23(33-24)22(32)25-4/h10-11,13,15-16,18H,5-9,12,14H2,1-4H3,(H,25,32)(H,26,28)(H,30,31). The highest BCUT2D eigenvalue weighted by Crippen LogP contribution is 2.37. The van der Waals surface area contributed by atoms with Gasteiger partial charge in [0.1, 0.15) is 0 Å². The van der Waals surface area contributed by atoms with Crippen molar-refractivity contribution in [2.75, 3.05) is 23.8 Å². The van der Waals surface area contributed by atoms with Crippen molar-refractivity contribution in [2.24, 2.45) is 5.92 Å². The van der Waals surface area contributed by atoms with Crippen molar-refractivity contribution in [3.63, 3.8) is 0 Å². The minimum Gasteiger partial charge on any atom is -0.481 e. The molecule has 0 radical (unpaired) electrons. The van der Waals surface area contributed by atoms with Crippen molar-refractivity contribution in [3.8, 4) is 0 Å². The summed E-state index contributed by atoms with van der Waals surface area (Å²) in [4.78, 5) is 25.7. The molecule has 3 N–H and O–H groups in total. The summed E-state index contributed by atoms with van der Waals surface area (Å²) in [5, 5.41) is 24.2. The van der Waals surface area contributed by atoms with Gasteiger partial charge in [-0.15, -0.1) is 10.2 Å². The third kappa shape index (κ3) is 6.66. The van der Waals surface area contributed by atoms with E-state index in [4.69, 9.17) is 0 Å². The Morgan fingerprint density at radius 1 is 1.18 bits per heavy atom. The number of nitrogens with one attached hydrogen (secondary N) is 2. The third-order valence-electron chi connectivity index (χ3n) is 6.05. The van der Waals surface area contributed by atoms with E-state index in [9.17, 15) is 14.7 Å². The lowest BCUT2D eigenvalue weighted by molar-refractivity contribution is -0.137. The van der Waals surface area contributed by atoms with Gasteiger partial charge in [0.25, 0.3) is 5.91 Å². The summed E-state index contributed by atoms with van der Waals surface area (Å²) in [5.74, 6) is -0.717. The molecule has 1 aromatic carbocycles. The van der Waals surface area contributed by atoms with E-state index in [1.165, 1.54) is 43.4 Å². The Kier molecular flexibility index (Phi) is 8.66. The van der Waals surface area contributed by atoms with Gasteiger partial charge in [-0.05, 0) is 42.4 Å². The highest BCUT2D eigenvalue weighted by molar-refractivity contribution is 7.17. The fraction of sp³-hybridized carbons (Fsp3) is 0.583. The average molecular weight is 474 g/mol. The summed E-state index contributed by atoms with van der Waals surface area (Å²) in [6.45, 7) is 7.32. The molecule has 1 aliphatic carbocycles. The van der Waals surface area contributed by atoms with Crippen LogP contribution in [0.4, 0.5) is 16.5 Å². The monoisotopic (exact) mass is 473 g/mol. The van der Waals surface area contributed by atoms with Gasteiger partial charge >= 0.3 is 5.97 Å². The quantitative estimate of drug-likeness (QED) is 0.445. The second-order valence-electron chi connectivity index (χ2n) is 9.23. The number of hydrogen-bond acceptors (Lipinski definition) is 7. The smallest absolute Gasteiger partial charge is 0.303 e. The van der Waals surface area contributed by atoms with Crippen LogP contribution in [0.3, 0.4) is 0 Å². The molecule has 180 valence electrons. The summed E-state index contributed by atoms with van der Waals surface area (Å²) >= 11 is 1.20. The number of carboxylic acid groups (broad SMARTS) is 1. The first-order valence-corrected chi connectivity index (χ1v) is 12.5. The summed E-state index contributed by atoms with van der Waals surface area (Å²) in [6.07, 6.45) is 6.17. The topological polar surface area (TPSA) is 107 Å². The van der Waals surface area contributed by atoms with Crippen molar-refractivity contribution in [2.45, 2.75) is 71.3 Å². The van der Waals surface area contributed by atoms with E-state index < -0.39 is 5.97 Å². The number of nitrogens with zero attached hydrogens (tertiary/aromatic N) is 3. The molecule has 1 unspecified atom stereocenters. The van der Waals surface area contributed by atoms with E-state index in [-0.39, 0.29) is 18.2 Å². The molecule has 3 rings (SSSR count). The van der Waals surface area contributed by atoms with E-state index in [0.29, 0.717) is 22.1 Å². The van der Waals surface area contributed by atoms with E-state index in [1.807, 2.05) is 19.1 Å². The van der Waals surface area contributed by atoms with Gasteiger partial charge in [-0.1, -0.05) is 57.4 Å². The molecule has 1 saturated carbocycles. The molecule has 1 aromatic heterocycles. The van der Waals surface area contributed by atoms with E-state index in [2.05, 4.69) is 45.6 Å². The van der Waals surface area contributed by atoms with Crippen LogP contribution in [0.1, 0.15) is 80.6 Å². The summed E-state index contributed by atoms with van der Waals surface area (Å²) in [6, 6.07) is 6.65. The Morgan fingerprint density at radius 2 is 1.91 bits per heavy atom. The van der Waals surface area contributed by atoms with Crippen LogP contribution in [-0.4, -0.2) is 46.8 Å². The van der Waals surface area contributed by atoms with Gasteiger partial charge in [0.15, 0.2) is 0 Å². The molecule has 0 saturated heterocycles. The molecule has 1 amide bonds. The maximum atomic E-state index is 11.9. The Balaban J connectivity index is 2.00. The number of aliphatic carboxylic acids is 1. The first-order valence-electron chi connectivity index (χ1n) is 11.7. The number of aromatic nitrogens is 2. The molecule has 1 aliphatic rings. The first kappa shape index (κ1) is 25.0. The average Bonchev–Trinajstić information content (AvgIpc) is 3.25. The maximum absolute atomic E-state index is 11.9. The van der Waals surface area contributed by atoms with Crippen LogP contribution in [0.25, 0.3) is 0 Å². The molecule has 1 fully saturated rings. The summed E-state index contributed by atoms with van der Waals surface area (Å²) in [5.41, 5.74) is 2.90. The van der Waals surface area contributed by atoms with Crippen LogP contribution in [0, 0.1) is 5.92 Å². The zero-order valence-electron chi connectivity index (χ0n) is 19.9. The first-order chi connectivity index (χ1) is 15.8. The Labute approximate surface area is 199 Å². The molecule has 1 atom stereocenters. The molecule has 0 aliphatic heterocycles. The van der Waals surface area contributed by atoms with Gasteiger partial charge in [-0.2, -0.15) is 0 Å². The van der Waals surface area contributed by atoms with Gasteiger partial charge in [-0.25, -0.2) is 0 Å². The minimum atomic E-state index is -0.816. The van der Waals surface area contributed by atoms with Crippen molar-refractivity contribution in [1.29, 1.82) is 0 Å². The van der Waals surface area contributed by atoms with Crippen molar-refractivity contribution < 1.29 is 14.7 Å². The minimum absolute atomic E-state index is 0.0662. The lowest BCUT2D eigenvalue weighted by atomic mass is 9.92. The lowest BCUT2D eigenvalue weighted by Gasteiger charge is -2.38. The van der Waals surface area contributed by atoms with Crippen LogP contribution in [0.15, 0.2) is 18.2 Å². The van der Waals surface area contributed by atoms with Crippen LogP contribution < -0.4 is 15.5 Å². The van der Waals surface area contributed by atoms with E-state index >= 15 is 0 Å². The fourth-order valence-electron chi connectivity index (χ4n) is 4.41. The Hall–Kier alpha value is -2.68. The van der Waals surface area contributed by atoms with Gasteiger partial charge in [0.2, 0.25) is 10.1 Å². The summed E-state index contributed by atoms with van der Waals surface area (Å²) in [7, 11) is 1.57. The highest BCUT2D eigenvalue weighted by Gasteiger charge is 2.25. The SMILES string of the molecule is CNC(=O)c1nnc(Nc2cc(C(C)CC(=O)O)ccc2N(CC(C)C)C2CCCCC2)s1.